The molecule has 2 aromatic rings. The minimum absolute atomic E-state index is 0.0402. The van der Waals surface area contributed by atoms with Crippen LogP contribution in [0.1, 0.15) is 25.0 Å². The summed E-state index contributed by atoms with van der Waals surface area (Å²) >= 11 is 0. The van der Waals surface area contributed by atoms with Gasteiger partial charge in [-0.2, -0.15) is 0 Å². The Morgan fingerprint density at radius 2 is 1.79 bits per heavy atom. The summed E-state index contributed by atoms with van der Waals surface area (Å²) in [4.78, 5) is 28.9. The third-order valence-electron chi connectivity index (χ3n) is 3.37. The molecule has 1 aromatic carbocycles. The van der Waals surface area contributed by atoms with Gasteiger partial charge in [0.25, 0.3) is 0 Å². The van der Waals surface area contributed by atoms with Crippen LogP contribution in [0.15, 0.2) is 54.9 Å². The highest BCUT2D eigenvalue weighted by Crippen LogP contribution is 2.19. The first-order chi connectivity index (χ1) is 11.6. The lowest BCUT2D eigenvalue weighted by Gasteiger charge is -2.21. The smallest absolute Gasteiger partial charge is 0.330 e. The number of nitrogens with zero attached hydrogens (tertiary/aromatic N) is 2. The van der Waals surface area contributed by atoms with Crippen LogP contribution in [0.5, 0.6) is 0 Å². The van der Waals surface area contributed by atoms with Crippen LogP contribution in [0.3, 0.4) is 0 Å². The molecule has 0 N–H and O–H groups in total. The van der Waals surface area contributed by atoms with Gasteiger partial charge in [0.1, 0.15) is 0 Å². The van der Waals surface area contributed by atoms with Gasteiger partial charge in [0.05, 0.1) is 13.2 Å². The number of carbonyl (C=O) groups excluding carboxylic acids is 2. The van der Waals surface area contributed by atoms with Crippen molar-refractivity contribution in [2.75, 3.05) is 11.5 Å². The van der Waals surface area contributed by atoms with Crippen LogP contribution in [-0.2, 0) is 20.9 Å². The number of benzene rings is 1. The second kappa shape index (κ2) is 8.62. The molecule has 0 spiro atoms. The van der Waals surface area contributed by atoms with E-state index < -0.39 is 0 Å². The van der Waals surface area contributed by atoms with E-state index in [-0.39, 0.29) is 11.9 Å². The molecule has 24 heavy (non-hydrogen) atoms. The van der Waals surface area contributed by atoms with Gasteiger partial charge in [-0.1, -0.05) is 12.1 Å². The fourth-order valence-electron chi connectivity index (χ4n) is 2.18. The highest BCUT2D eigenvalue weighted by atomic mass is 16.5. The maximum absolute atomic E-state index is 12.0. The van der Waals surface area contributed by atoms with Gasteiger partial charge in [0.15, 0.2) is 0 Å². The molecule has 2 rings (SSSR count). The molecule has 5 nitrogen and oxygen atoms in total. The number of aromatic nitrogens is 1. The number of rotatable bonds is 6. The van der Waals surface area contributed by atoms with Crippen molar-refractivity contribution in [1.82, 2.24) is 4.98 Å². The van der Waals surface area contributed by atoms with E-state index in [4.69, 9.17) is 4.74 Å². The van der Waals surface area contributed by atoms with Crippen LogP contribution >= 0.6 is 0 Å². The molecule has 5 heteroatoms. The van der Waals surface area contributed by atoms with Gasteiger partial charge in [0.2, 0.25) is 5.91 Å². The first-order valence-electron chi connectivity index (χ1n) is 7.72. The number of esters is 1. The number of pyridine rings is 1. The fourth-order valence-corrected chi connectivity index (χ4v) is 2.18. The van der Waals surface area contributed by atoms with Crippen molar-refractivity contribution < 1.29 is 14.3 Å². The average molecular weight is 324 g/mol. The van der Waals surface area contributed by atoms with Gasteiger partial charge in [0, 0.05) is 31.1 Å². The predicted octanol–water partition coefficient (Wildman–Crippen LogP) is 3.21. The summed E-state index contributed by atoms with van der Waals surface area (Å²) in [5.41, 5.74) is 2.67. The predicted molar refractivity (Wildman–Crippen MR) is 93.2 cm³/mol. The first kappa shape index (κ1) is 17.4. The maximum Gasteiger partial charge on any atom is 0.330 e. The van der Waals surface area contributed by atoms with Gasteiger partial charge in [-0.15, -0.1) is 0 Å². The van der Waals surface area contributed by atoms with E-state index in [1.807, 2.05) is 36.4 Å². The molecule has 124 valence electrons. The summed E-state index contributed by atoms with van der Waals surface area (Å²) in [7, 11) is 0. The van der Waals surface area contributed by atoms with E-state index in [1.165, 1.54) is 13.0 Å². The summed E-state index contributed by atoms with van der Waals surface area (Å²) in [5, 5.41) is 0. The second-order valence-corrected chi connectivity index (χ2v) is 5.14. The molecule has 0 unspecified atom stereocenters. The zero-order valence-corrected chi connectivity index (χ0v) is 13.8. The van der Waals surface area contributed by atoms with Crippen molar-refractivity contribution in [1.29, 1.82) is 0 Å². The number of carbonyl (C=O) groups is 2. The summed E-state index contributed by atoms with van der Waals surface area (Å²) < 4.78 is 4.84. The Labute approximate surface area is 141 Å². The van der Waals surface area contributed by atoms with Crippen LogP contribution in [0.2, 0.25) is 0 Å². The minimum Gasteiger partial charge on any atom is -0.463 e. The highest BCUT2D eigenvalue weighted by molar-refractivity contribution is 5.91. The van der Waals surface area contributed by atoms with E-state index in [0.29, 0.717) is 13.2 Å². The Morgan fingerprint density at radius 3 is 2.38 bits per heavy atom. The van der Waals surface area contributed by atoms with E-state index in [1.54, 1.807) is 30.3 Å². The van der Waals surface area contributed by atoms with E-state index in [0.717, 1.165) is 16.8 Å². The van der Waals surface area contributed by atoms with Gasteiger partial charge in [-0.3, -0.25) is 9.78 Å². The van der Waals surface area contributed by atoms with Gasteiger partial charge in [-0.05, 0) is 48.4 Å². The maximum atomic E-state index is 12.0. The lowest BCUT2D eigenvalue weighted by Crippen LogP contribution is -2.27. The van der Waals surface area contributed by atoms with Gasteiger partial charge < -0.3 is 9.64 Å². The lowest BCUT2D eigenvalue weighted by molar-refractivity contribution is -0.137. The number of hydrogen-bond acceptors (Lipinski definition) is 4. The standard InChI is InChI=1S/C19H20N2O3/c1-3-24-19(23)9-6-16-4-7-18(8-5-16)21(15(2)22)14-17-10-12-20-13-11-17/h4-13H,3,14H2,1-2H3/b9-6+. The molecule has 0 fully saturated rings. The van der Waals surface area contributed by atoms with Gasteiger partial charge in [-0.25, -0.2) is 4.79 Å². The van der Waals surface area contributed by atoms with E-state index in [2.05, 4.69) is 4.98 Å². The number of hydrogen-bond donors (Lipinski definition) is 0. The molecular formula is C19H20N2O3. The Morgan fingerprint density at radius 1 is 1.12 bits per heavy atom. The Hall–Kier alpha value is -2.95. The molecule has 1 aromatic heterocycles. The average Bonchev–Trinajstić information content (AvgIpc) is 2.59. The van der Waals surface area contributed by atoms with Crippen LogP contribution in [0.4, 0.5) is 5.69 Å². The monoisotopic (exact) mass is 324 g/mol. The largest absolute Gasteiger partial charge is 0.463 e. The number of anilines is 1. The van der Waals surface area contributed by atoms with Crippen LogP contribution in [0, 0.1) is 0 Å². The summed E-state index contributed by atoms with van der Waals surface area (Å²) in [6.45, 7) is 4.13. The molecule has 0 aliphatic heterocycles. The van der Waals surface area contributed by atoms with Crippen LogP contribution in [-0.4, -0.2) is 23.5 Å². The highest BCUT2D eigenvalue weighted by Gasteiger charge is 2.11. The van der Waals surface area contributed by atoms with Crippen LogP contribution < -0.4 is 4.90 Å². The van der Waals surface area contributed by atoms with Crippen molar-refractivity contribution in [3.63, 3.8) is 0 Å². The SMILES string of the molecule is CCOC(=O)/C=C/c1ccc(N(Cc2ccncc2)C(C)=O)cc1. The van der Waals surface area contributed by atoms with Crippen molar-refractivity contribution in [3.05, 3.63) is 66.0 Å². The molecule has 0 aliphatic rings. The molecule has 0 radical (unpaired) electrons. The first-order valence-corrected chi connectivity index (χ1v) is 7.72. The lowest BCUT2D eigenvalue weighted by atomic mass is 10.1. The third kappa shape index (κ3) is 5.05. The zero-order valence-electron chi connectivity index (χ0n) is 13.8. The Bertz CT molecular complexity index is 709. The normalized spacial score (nSPS) is 10.6. The summed E-state index contributed by atoms with van der Waals surface area (Å²) in [6, 6.07) is 11.2. The summed E-state index contributed by atoms with van der Waals surface area (Å²) in [5.74, 6) is -0.411. The second-order valence-electron chi connectivity index (χ2n) is 5.14. The molecule has 0 saturated heterocycles. The Balaban J connectivity index is 2.11. The number of amides is 1. The van der Waals surface area contributed by atoms with Crippen LogP contribution in [0.25, 0.3) is 6.08 Å². The summed E-state index contributed by atoms with van der Waals surface area (Å²) in [6.07, 6.45) is 6.48. The topological polar surface area (TPSA) is 59.5 Å². The molecule has 0 saturated carbocycles. The molecule has 1 amide bonds. The molecule has 0 aliphatic carbocycles. The minimum atomic E-state index is -0.371. The fraction of sp³-hybridized carbons (Fsp3) is 0.211. The molecule has 0 atom stereocenters. The molecule has 1 heterocycles. The van der Waals surface area contributed by atoms with Crippen molar-refractivity contribution in [2.24, 2.45) is 0 Å². The third-order valence-corrected chi connectivity index (χ3v) is 3.37. The molecular weight excluding hydrogens is 304 g/mol. The van der Waals surface area contributed by atoms with Crippen molar-refractivity contribution >= 4 is 23.6 Å². The van der Waals surface area contributed by atoms with E-state index in [9.17, 15) is 9.59 Å². The van der Waals surface area contributed by atoms with Crippen molar-refractivity contribution in [3.8, 4) is 0 Å². The number of ether oxygens (including phenoxy) is 1. The van der Waals surface area contributed by atoms with Crippen molar-refractivity contribution in [2.45, 2.75) is 20.4 Å². The quantitative estimate of drug-likeness (QED) is 0.605. The zero-order chi connectivity index (χ0) is 17.4. The van der Waals surface area contributed by atoms with E-state index >= 15 is 0 Å². The molecule has 0 bridgehead atoms. The van der Waals surface area contributed by atoms with Gasteiger partial charge >= 0.3 is 5.97 Å². The Kier molecular flexibility index (Phi) is 6.25.